The van der Waals surface area contributed by atoms with Crippen LogP contribution in [0.5, 0.6) is 0 Å². The Hall–Kier alpha value is 0.884. The second-order valence-corrected chi connectivity index (χ2v) is 5.01. The first-order valence-corrected chi connectivity index (χ1v) is 9.14. The molecule has 0 aliphatic carbocycles. The van der Waals surface area contributed by atoms with Crippen LogP contribution >= 0.6 is 0 Å². The quantitative estimate of drug-likeness (QED) is 0.365. The molecule has 0 aromatic rings. The van der Waals surface area contributed by atoms with E-state index < -0.39 is 0 Å². The van der Waals surface area contributed by atoms with E-state index in [1.807, 2.05) is 0 Å². The van der Waals surface area contributed by atoms with Crippen LogP contribution in [-0.4, -0.2) is 39.3 Å². The van der Waals surface area contributed by atoms with Gasteiger partial charge in [0, 0.05) is 0 Å². The van der Waals surface area contributed by atoms with Crippen molar-refractivity contribution in [3.63, 3.8) is 0 Å². The van der Waals surface area contributed by atoms with E-state index in [9.17, 15) is 0 Å². The van der Waals surface area contributed by atoms with Gasteiger partial charge in [-0.05, 0) is 0 Å². The third-order valence-electron chi connectivity index (χ3n) is 2.29. The van der Waals surface area contributed by atoms with Crippen LogP contribution in [0.25, 0.3) is 16.0 Å². The van der Waals surface area contributed by atoms with E-state index in [0.29, 0.717) is 0 Å². The summed E-state index contributed by atoms with van der Waals surface area (Å²) in [5.41, 5.74) is 0. The number of rotatable bonds is 12. The van der Waals surface area contributed by atoms with Crippen LogP contribution < -0.4 is 12.4 Å². The minimum absolute atomic E-state index is 0. The van der Waals surface area contributed by atoms with Crippen LogP contribution in [0.15, 0.2) is 0 Å². The van der Waals surface area contributed by atoms with E-state index in [4.69, 9.17) is 0 Å². The minimum Gasteiger partial charge on any atom is -1.00 e. The van der Waals surface area contributed by atoms with Gasteiger partial charge in [-0.3, -0.25) is 0 Å². The van der Waals surface area contributed by atoms with Crippen molar-refractivity contribution in [2.75, 3.05) is 39.3 Å². The second kappa shape index (κ2) is 43.4. The summed E-state index contributed by atoms with van der Waals surface area (Å²) >= 11 is 0. The van der Waals surface area contributed by atoms with Gasteiger partial charge in [0.1, 0.15) is 0 Å². The predicted molar refractivity (Wildman–Crippen MR) is 101 cm³/mol. The van der Waals surface area contributed by atoms with Crippen LogP contribution in [0.1, 0.15) is 80.1 Å². The fourth-order valence-electron chi connectivity index (χ4n) is 1.28. The molecule has 0 aliphatic rings. The molecule has 1 radical (unpaired) electrons. The molecule has 141 valence electrons. The first-order chi connectivity index (χ1) is 10.2. The Bertz CT molecular complexity index is 106. The zero-order chi connectivity index (χ0) is 16.6. The maximum Gasteiger partial charge on any atom is 3.00 e. The standard InChI is InChI=1S/3C6H14N.ClH.Ti/c3*1-3-5-7-6-4-2;;/h3*3-6H2,1-2H3;1H;/q3*-1;;+3/p-1. The Morgan fingerprint density at radius 3 is 0.609 bits per heavy atom. The smallest absolute Gasteiger partial charge is 1.00 e. The molecule has 0 fully saturated rings. The molecule has 0 spiro atoms. The van der Waals surface area contributed by atoms with E-state index in [1.165, 1.54) is 38.5 Å². The van der Waals surface area contributed by atoms with Crippen LogP contribution in [0.2, 0.25) is 0 Å². The molecule has 0 atom stereocenters. The summed E-state index contributed by atoms with van der Waals surface area (Å²) in [6.45, 7) is 19.2. The molecule has 0 heterocycles. The van der Waals surface area contributed by atoms with E-state index in [1.54, 1.807) is 0 Å². The Morgan fingerprint density at radius 1 is 0.391 bits per heavy atom. The van der Waals surface area contributed by atoms with Gasteiger partial charge in [0.25, 0.3) is 0 Å². The molecule has 0 N–H and O–H groups in total. The Morgan fingerprint density at radius 2 is 0.522 bits per heavy atom. The number of halogens is 1. The van der Waals surface area contributed by atoms with Gasteiger partial charge < -0.3 is 28.4 Å². The van der Waals surface area contributed by atoms with Crippen LogP contribution in [0.4, 0.5) is 0 Å². The van der Waals surface area contributed by atoms with Crippen molar-refractivity contribution in [1.82, 2.24) is 0 Å². The topological polar surface area (TPSA) is 42.3 Å². The Balaban J connectivity index is -0.0000000675. The fraction of sp³-hybridized carbons (Fsp3) is 1.00. The largest absolute Gasteiger partial charge is 3.00 e. The number of hydrogen-bond acceptors (Lipinski definition) is 0. The number of nitrogens with zero attached hydrogens (tertiary/aromatic N) is 3. The molecule has 0 unspecified atom stereocenters. The summed E-state index contributed by atoms with van der Waals surface area (Å²) in [6.07, 6.45) is 7.17. The van der Waals surface area contributed by atoms with Crippen molar-refractivity contribution < 1.29 is 34.1 Å². The van der Waals surface area contributed by atoms with Gasteiger partial charge in [-0.2, -0.15) is 0 Å². The molecule has 3 nitrogen and oxygen atoms in total. The first kappa shape index (κ1) is 35.1. The molecule has 0 rings (SSSR count). The normalized spacial score (nSPS) is 8.61. The predicted octanol–water partition coefficient (Wildman–Crippen LogP) is 3.54. The van der Waals surface area contributed by atoms with Gasteiger partial charge in [0.2, 0.25) is 0 Å². The average molecular weight is 384 g/mol. The molecule has 0 aliphatic heterocycles. The summed E-state index contributed by atoms with van der Waals surface area (Å²) in [4.78, 5) is 0. The number of hydrogen-bond donors (Lipinski definition) is 0. The van der Waals surface area contributed by atoms with Crippen LogP contribution in [0.3, 0.4) is 0 Å². The molecule has 0 bridgehead atoms. The van der Waals surface area contributed by atoms with E-state index in [2.05, 4.69) is 57.5 Å². The van der Waals surface area contributed by atoms with E-state index in [-0.39, 0.29) is 34.1 Å². The van der Waals surface area contributed by atoms with Gasteiger partial charge in [-0.15, -0.1) is 39.3 Å². The summed E-state index contributed by atoms with van der Waals surface area (Å²) in [6, 6.07) is 0. The van der Waals surface area contributed by atoms with Gasteiger partial charge in [0.15, 0.2) is 0 Å². The summed E-state index contributed by atoms with van der Waals surface area (Å²) in [5, 5.41) is 12.6. The van der Waals surface area contributed by atoms with Crippen molar-refractivity contribution in [2.24, 2.45) is 0 Å². The fourth-order valence-corrected chi connectivity index (χ4v) is 1.28. The van der Waals surface area contributed by atoms with Gasteiger partial charge >= 0.3 is 21.7 Å². The second-order valence-electron chi connectivity index (χ2n) is 5.01. The molecule has 0 saturated heterocycles. The van der Waals surface area contributed by atoms with Gasteiger partial charge in [-0.1, -0.05) is 80.1 Å². The van der Waals surface area contributed by atoms with E-state index >= 15 is 0 Å². The van der Waals surface area contributed by atoms with Crippen molar-refractivity contribution in [1.29, 1.82) is 0 Å². The summed E-state index contributed by atoms with van der Waals surface area (Å²) in [7, 11) is 0. The molecule has 5 heteroatoms. The van der Waals surface area contributed by atoms with Crippen molar-refractivity contribution in [2.45, 2.75) is 80.1 Å². The summed E-state index contributed by atoms with van der Waals surface area (Å²) < 4.78 is 0. The van der Waals surface area contributed by atoms with Crippen molar-refractivity contribution in [3.05, 3.63) is 16.0 Å². The first-order valence-electron chi connectivity index (χ1n) is 9.14. The molecule has 0 aromatic heterocycles. The molecular weight excluding hydrogens is 342 g/mol. The average Bonchev–Trinajstić information content (AvgIpc) is 2.50. The van der Waals surface area contributed by atoms with E-state index in [0.717, 1.165) is 39.3 Å². The Kier molecular flexibility index (Phi) is 66.2. The van der Waals surface area contributed by atoms with Crippen molar-refractivity contribution >= 4 is 0 Å². The monoisotopic (exact) mass is 383 g/mol. The third kappa shape index (κ3) is 60.1. The van der Waals surface area contributed by atoms with Crippen molar-refractivity contribution in [3.8, 4) is 0 Å². The summed E-state index contributed by atoms with van der Waals surface area (Å²) in [5.74, 6) is 0. The molecule has 23 heavy (non-hydrogen) atoms. The van der Waals surface area contributed by atoms with Gasteiger partial charge in [0.05, 0.1) is 0 Å². The Labute approximate surface area is 169 Å². The van der Waals surface area contributed by atoms with Crippen LogP contribution in [0, 0.1) is 0 Å². The minimum atomic E-state index is 0. The maximum atomic E-state index is 4.21. The molecular formula is C18H42ClN3Ti-. The SMILES string of the molecule is CCC[N-]CCC.CCC[N-]CCC.CCC[N-]CCC.[Cl-].[Ti+3]. The van der Waals surface area contributed by atoms with Crippen LogP contribution in [-0.2, 0) is 21.7 Å². The third-order valence-corrected chi connectivity index (χ3v) is 2.29. The molecule has 0 saturated carbocycles. The maximum absolute atomic E-state index is 4.21. The molecule has 0 amide bonds. The zero-order valence-corrected chi connectivity index (χ0v) is 19.0. The van der Waals surface area contributed by atoms with Gasteiger partial charge in [-0.25, -0.2) is 0 Å². The molecule has 0 aromatic carbocycles. The zero-order valence-electron chi connectivity index (χ0n) is 16.7.